The second-order valence-electron chi connectivity index (χ2n) is 4.73. The molecule has 0 saturated heterocycles. The molecule has 1 atom stereocenters. The van der Waals surface area contributed by atoms with Crippen molar-refractivity contribution in [3.8, 4) is 23.3 Å². The maximum absolute atomic E-state index is 9.36. The Labute approximate surface area is 120 Å². The fourth-order valence-electron chi connectivity index (χ4n) is 2.00. The van der Waals surface area contributed by atoms with Gasteiger partial charge in [-0.1, -0.05) is 0 Å². The van der Waals surface area contributed by atoms with Gasteiger partial charge in [-0.05, 0) is 44.8 Å². The van der Waals surface area contributed by atoms with Crippen LogP contribution < -0.4 is 14.2 Å². The lowest BCUT2D eigenvalue weighted by molar-refractivity contribution is 0.323. The summed E-state index contributed by atoms with van der Waals surface area (Å²) in [5, 5.41) is 9.36. The van der Waals surface area contributed by atoms with Crippen molar-refractivity contribution >= 4 is 0 Å². The highest BCUT2D eigenvalue weighted by molar-refractivity contribution is 5.55. The fourth-order valence-corrected chi connectivity index (χ4v) is 2.00. The van der Waals surface area contributed by atoms with Crippen LogP contribution in [0.15, 0.2) is 12.1 Å². The molecule has 0 heterocycles. The molecule has 1 aromatic rings. The van der Waals surface area contributed by atoms with Crippen molar-refractivity contribution in [3.05, 3.63) is 17.7 Å². The third kappa shape index (κ3) is 3.78. The van der Waals surface area contributed by atoms with Crippen LogP contribution in [0.5, 0.6) is 17.2 Å². The zero-order valence-corrected chi connectivity index (χ0v) is 12.8. The highest BCUT2D eigenvalue weighted by Gasteiger charge is 2.18. The van der Waals surface area contributed by atoms with E-state index in [-0.39, 0.29) is 5.92 Å². The molecule has 0 amide bonds. The molecule has 0 aliphatic heterocycles. The van der Waals surface area contributed by atoms with E-state index in [1.807, 2.05) is 26.2 Å². The number of nitrogens with zero attached hydrogens (tertiary/aromatic N) is 2. The van der Waals surface area contributed by atoms with Gasteiger partial charge < -0.3 is 19.1 Å². The third-order valence-corrected chi connectivity index (χ3v) is 3.11. The molecule has 0 aliphatic rings. The monoisotopic (exact) mass is 278 g/mol. The Kier molecular flexibility index (Phi) is 6.13. The summed E-state index contributed by atoms with van der Waals surface area (Å²) in [6.45, 7) is 0.842. The molecular weight excluding hydrogens is 256 g/mol. The minimum Gasteiger partial charge on any atom is -0.493 e. The molecule has 1 rings (SSSR count). The largest absolute Gasteiger partial charge is 0.493 e. The average molecular weight is 278 g/mol. The van der Waals surface area contributed by atoms with Gasteiger partial charge in [0.1, 0.15) is 0 Å². The summed E-state index contributed by atoms with van der Waals surface area (Å²) in [4.78, 5) is 2.06. The van der Waals surface area contributed by atoms with Crippen molar-refractivity contribution in [2.75, 3.05) is 42.0 Å². The van der Waals surface area contributed by atoms with Gasteiger partial charge in [-0.2, -0.15) is 5.26 Å². The van der Waals surface area contributed by atoms with Gasteiger partial charge in [-0.25, -0.2) is 0 Å². The smallest absolute Gasteiger partial charge is 0.203 e. The highest BCUT2D eigenvalue weighted by Crippen LogP contribution is 2.40. The van der Waals surface area contributed by atoms with Crippen LogP contribution in [0.2, 0.25) is 0 Å². The highest BCUT2D eigenvalue weighted by atomic mass is 16.5. The van der Waals surface area contributed by atoms with Crippen molar-refractivity contribution in [1.82, 2.24) is 4.90 Å². The maximum atomic E-state index is 9.36. The van der Waals surface area contributed by atoms with Crippen LogP contribution in [-0.4, -0.2) is 46.9 Å². The molecule has 0 unspecified atom stereocenters. The lowest BCUT2D eigenvalue weighted by Gasteiger charge is -2.17. The zero-order valence-electron chi connectivity index (χ0n) is 12.8. The van der Waals surface area contributed by atoms with Gasteiger partial charge in [0.2, 0.25) is 5.75 Å². The van der Waals surface area contributed by atoms with Gasteiger partial charge in [-0.15, -0.1) is 0 Å². The summed E-state index contributed by atoms with van der Waals surface area (Å²) in [6.07, 6.45) is 0.752. The number of hydrogen-bond donors (Lipinski definition) is 0. The summed E-state index contributed by atoms with van der Waals surface area (Å²) in [6, 6.07) is 6.01. The zero-order chi connectivity index (χ0) is 15.1. The molecule has 5 nitrogen and oxygen atoms in total. The molecule has 0 aromatic heterocycles. The summed E-state index contributed by atoms with van der Waals surface area (Å²) < 4.78 is 15.9. The first-order valence-electron chi connectivity index (χ1n) is 6.41. The normalized spacial score (nSPS) is 11.8. The third-order valence-electron chi connectivity index (χ3n) is 3.11. The van der Waals surface area contributed by atoms with Crippen molar-refractivity contribution < 1.29 is 14.2 Å². The second kappa shape index (κ2) is 7.61. The molecule has 20 heavy (non-hydrogen) atoms. The molecule has 110 valence electrons. The van der Waals surface area contributed by atoms with Crippen molar-refractivity contribution in [2.45, 2.75) is 12.3 Å². The van der Waals surface area contributed by atoms with E-state index in [0.717, 1.165) is 18.5 Å². The molecule has 0 saturated carbocycles. The number of benzene rings is 1. The summed E-state index contributed by atoms with van der Waals surface area (Å²) in [5.74, 6) is 1.49. The number of ether oxygens (including phenoxy) is 3. The van der Waals surface area contributed by atoms with E-state index in [4.69, 9.17) is 14.2 Å². The predicted molar refractivity (Wildman–Crippen MR) is 77.6 cm³/mol. The van der Waals surface area contributed by atoms with E-state index in [9.17, 15) is 5.26 Å². The first-order chi connectivity index (χ1) is 9.57. The van der Waals surface area contributed by atoms with E-state index >= 15 is 0 Å². The van der Waals surface area contributed by atoms with E-state index < -0.39 is 0 Å². The van der Waals surface area contributed by atoms with Crippen LogP contribution in [0.4, 0.5) is 0 Å². The minimum atomic E-state index is -0.203. The first kappa shape index (κ1) is 16.1. The van der Waals surface area contributed by atoms with Gasteiger partial charge >= 0.3 is 0 Å². The predicted octanol–water partition coefficient (Wildman–Crippen LogP) is 2.27. The van der Waals surface area contributed by atoms with Crippen LogP contribution in [0, 0.1) is 11.3 Å². The molecule has 5 heteroatoms. The number of hydrogen-bond acceptors (Lipinski definition) is 5. The van der Waals surface area contributed by atoms with Gasteiger partial charge in [-0.3, -0.25) is 0 Å². The summed E-state index contributed by atoms with van der Waals surface area (Å²) in [7, 11) is 8.69. The Morgan fingerprint density at radius 1 is 1.10 bits per heavy atom. The average Bonchev–Trinajstić information content (AvgIpc) is 2.46. The number of nitriles is 1. The minimum absolute atomic E-state index is 0.203. The quantitative estimate of drug-likeness (QED) is 0.766. The summed E-state index contributed by atoms with van der Waals surface area (Å²) >= 11 is 0. The summed E-state index contributed by atoms with van der Waals surface area (Å²) in [5.41, 5.74) is 0.879. The van der Waals surface area contributed by atoms with Crippen LogP contribution in [0.3, 0.4) is 0 Å². The van der Waals surface area contributed by atoms with E-state index in [0.29, 0.717) is 17.2 Å². The lowest BCUT2D eigenvalue weighted by atomic mass is 9.96. The van der Waals surface area contributed by atoms with Crippen LogP contribution in [-0.2, 0) is 0 Å². The lowest BCUT2D eigenvalue weighted by Crippen LogP contribution is -2.15. The second-order valence-corrected chi connectivity index (χ2v) is 4.73. The first-order valence-corrected chi connectivity index (χ1v) is 6.41. The Bertz CT molecular complexity index is 455. The SMILES string of the molecule is COc1cc([C@H](C#N)CCN(C)C)cc(OC)c1OC. The fraction of sp³-hybridized carbons (Fsp3) is 0.533. The maximum Gasteiger partial charge on any atom is 0.203 e. The van der Waals surface area contributed by atoms with Crippen LogP contribution >= 0.6 is 0 Å². The Hall–Kier alpha value is -1.93. The van der Waals surface area contributed by atoms with Gasteiger partial charge in [0.05, 0.1) is 33.3 Å². The molecule has 0 bridgehead atoms. The van der Waals surface area contributed by atoms with Crippen LogP contribution in [0.1, 0.15) is 17.9 Å². The number of methoxy groups -OCH3 is 3. The van der Waals surface area contributed by atoms with Gasteiger partial charge in [0.25, 0.3) is 0 Å². The van der Waals surface area contributed by atoms with E-state index in [1.165, 1.54) is 0 Å². The van der Waals surface area contributed by atoms with Crippen molar-refractivity contribution in [3.63, 3.8) is 0 Å². The van der Waals surface area contributed by atoms with Crippen molar-refractivity contribution in [1.29, 1.82) is 5.26 Å². The molecular formula is C15H22N2O3. The molecule has 0 radical (unpaired) electrons. The van der Waals surface area contributed by atoms with Crippen LogP contribution in [0.25, 0.3) is 0 Å². The molecule has 0 aliphatic carbocycles. The van der Waals surface area contributed by atoms with Gasteiger partial charge in [0.15, 0.2) is 11.5 Å². The van der Waals surface area contributed by atoms with E-state index in [1.54, 1.807) is 21.3 Å². The molecule has 0 fully saturated rings. The Balaban J connectivity index is 3.13. The van der Waals surface area contributed by atoms with Crippen molar-refractivity contribution in [2.24, 2.45) is 0 Å². The Morgan fingerprint density at radius 2 is 1.65 bits per heavy atom. The molecule has 1 aromatic carbocycles. The standard InChI is InChI=1S/C15H22N2O3/c1-17(2)7-6-11(10-16)12-8-13(18-3)15(20-5)14(9-12)19-4/h8-9,11H,6-7H2,1-5H3/t11-/m0/s1. The van der Waals surface area contributed by atoms with E-state index in [2.05, 4.69) is 11.0 Å². The van der Waals surface area contributed by atoms with Gasteiger partial charge in [0, 0.05) is 0 Å². The molecule has 0 N–H and O–H groups in total. The molecule has 0 spiro atoms. The topological polar surface area (TPSA) is 54.7 Å². The number of rotatable bonds is 7. The Morgan fingerprint density at radius 3 is 2.00 bits per heavy atom.